The van der Waals surface area contributed by atoms with Crippen LogP contribution in [0, 0.1) is 11.3 Å². The van der Waals surface area contributed by atoms with E-state index in [9.17, 15) is 0 Å². The zero-order valence-corrected chi connectivity index (χ0v) is 9.38. The Kier molecular flexibility index (Phi) is 3.67. The third-order valence-electron chi connectivity index (χ3n) is 2.44. The second kappa shape index (κ2) is 5.62. The van der Waals surface area contributed by atoms with Gasteiger partial charge >= 0.3 is 0 Å². The van der Waals surface area contributed by atoms with Crippen molar-refractivity contribution >= 4 is 6.21 Å². The molecule has 0 aliphatic heterocycles. The second-order valence-corrected chi connectivity index (χ2v) is 3.58. The smallest absolute Gasteiger partial charge is 0.126 e. The molecule has 0 spiro atoms. The molecule has 0 saturated carbocycles. The van der Waals surface area contributed by atoms with Crippen LogP contribution in [0.4, 0.5) is 0 Å². The minimum absolute atomic E-state index is 0.198. The fraction of sp³-hybridized carbons (Fsp3) is 0.0667. The lowest BCUT2D eigenvalue weighted by atomic mass is 10.0. The highest BCUT2D eigenvalue weighted by molar-refractivity contribution is 5.90. The van der Waals surface area contributed by atoms with Crippen LogP contribution in [0.2, 0.25) is 0 Å². The number of benzene rings is 2. The molecule has 0 saturated heterocycles. The largest absolute Gasteiger partial charge is 0.277 e. The maximum Gasteiger partial charge on any atom is 0.126 e. The van der Waals surface area contributed by atoms with Gasteiger partial charge in [-0.2, -0.15) is 5.26 Å². The summed E-state index contributed by atoms with van der Waals surface area (Å²) in [6.45, 7) is 0.198. The van der Waals surface area contributed by atoms with Crippen LogP contribution in [0.1, 0.15) is 5.56 Å². The minimum atomic E-state index is 0.198. The summed E-state index contributed by atoms with van der Waals surface area (Å²) in [7, 11) is 0. The molecule has 2 rings (SSSR count). The van der Waals surface area contributed by atoms with Crippen molar-refractivity contribution in [1.29, 1.82) is 5.26 Å². The van der Waals surface area contributed by atoms with Crippen LogP contribution in [0.3, 0.4) is 0 Å². The number of nitriles is 1. The lowest BCUT2D eigenvalue weighted by Crippen LogP contribution is -1.88. The van der Waals surface area contributed by atoms with Gasteiger partial charge in [-0.05, 0) is 11.1 Å². The van der Waals surface area contributed by atoms with Crippen molar-refractivity contribution in [2.24, 2.45) is 4.99 Å². The van der Waals surface area contributed by atoms with Gasteiger partial charge in [-0.25, -0.2) is 0 Å². The van der Waals surface area contributed by atoms with Crippen LogP contribution < -0.4 is 0 Å². The van der Waals surface area contributed by atoms with Crippen molar-refractivity contribution in [1.82, 2.24) is 0 Å². The summed E-state index contributed by atoms with van der Waals surface area (Å²) in [4.78, 5) is 4.06. The van der Waals surface area contributed by atoms with E-state index >= 15 is 0 Å². The predicted molar refractivity (Wildman–Crippen MR) is 70.0 cm³/mol. The molecule has 0 unspecified atom stereocenters. The minimum Gasteiger partial charge on any atom is -0.277 e. The van der Waals surface area contributed by atoms with E-state index in [0.29, 0.717) is 0 Å². The van der Waals surface area contributed by atoms with Gasteiger partial charge in [-0.3, -0.25) is 4.99 Å². The van der Waals surface area contributed by atoms with Gasteiger partial charge in [0.25, 0.3) is 0 Å². The molecule has 0 heterocycles. The molecule has 0 N–H and O–H groups in total. The van der Waals surface area contributed by atoms with Crippen LogP contribution in [-0.2, 0) is 0 Å². The molecular formula is C15H12N2. The maximum absolute atomic E-state index is 8.47. The molecule has 2 heteroatoms. The van der Waals surface area contributed by atoms with E-state index in [-0.39, 0.29) is 6.54 Å². The van der Waals surface area contributed by atoms with E-state index in [1.54, 1.807) is 6.21 Å². The Bertz CT molecular complexity index is 551. The average molecular weight is 220 g/mol. The fourth-order valence-electron chi connectivity index (χ4n) is 1.68. The first kappa shape index (κ1) is 11.1. The quantitative estimate of drug-likeness (QED) is 0.577. The summed E-state index contributed by atoms with van der Waals surface area (Å²) in [5, 5.41) is 8.47. The highest BCUT2D eigenvalue weighted by Crippen LogP contribution is 2.21. The summed E-state index contributed by atoms with van der Waals surface area (Å²) >= 11 is 0. The Morgan fingerprint density at radius 2 is 1.71 bits per heavy atom. The Balaban J connectivity index is 2.38. The van der Waals surface area contributed by atoms with Gasteiger partial charge in [0.1, 0.15) is 6.54 Å². The normalized spacial score (nSPS) is 10.3. The van der Waals surface area contributed by atoms with Crippen molar-refractivity contribution in [2.75, 3.05) is 6.54 Å². The van der Waals surface area contributed by atoms with E-state index in [1.807, 2.05) is 42.5 Å². The molecule has 82 valence electrons. The Hall–Kier alpha value is -2.40. The highest BCUT2D eigenvalue weighted by atomic mass is 14.7. The van der Waals surface area contributed by atoms with Crippen molar-refractivity contribution in [2.45, 2.75) is 0 Å². The van der Waals surface area contributed by atoms with E-state index in [1.165, 1.54) is 0 Å². The van der Waals surface area contributed by atoms with Gasteiger partial charge in [0.2, 0.25) is 0 Å². The zero-order valence-electron chi connectivity index (χ0n) is 9.38. The molecule has 17 heavy (non-hydrogen) atoms. The van der Waals surface area contributed by atoms with E-state index in [2.05, 4.69) is 23.2 Å². The molecule has 0 bridgehead atoms. The lowest BCUT2D eigenvalue weighted by Gasteiger charge is -2.05. The molecule has 0 aliphatic rings. The number of aliphatic imine (C=N–C) groups is 1. The number of nitrogens with zero attached hydrogens (tertiary/aromatic N) is 2. The zero-order chi connectivity index (χ0) is 11.9. The van der Waals surface area contributed by atoms with Gasteiger partial charge in [0, 0.05) is 11.8 Å². The van der Waals surface area contributed by atoms with E-state index in [0.717, 1.165) is 16.7 Å². The van der Waals surface area contributed by atoms with Crippen LogP contribution in [0.5, 0.6) is 0 Å². The molecule has 0 fully saturated rings. The Morgan fingerprint density at radius 1 is 1.00 bits per heavy atom. The number of hydrogen-bond acceptors (Lipinski definition) is 2. The third-order valence-corrected chi connectivity index (χ3v) is 2.44. The third kappa shape index (κ3) is 2.79. The van der Waals surface area contributed by atoms with Gasteiger partial charge in [0.15, 0.2) is 0 Å². The van der Waals surface area contributed by atoms with Crippen LogP contribution in [-0.4, -0.2) is 12.8 Å². The molecule has 2 aromatic carbocycles. The monoisotopic (exact) mass is 220 g/mol. The molecule has 2 aromatic rings. The van der Waals surface area contributed by atoms with E-state index < -0.39 is 0 Å². The Labute approximate surface area is 101 Å². The highest BCUT2D eigenvalue weighted by Gasteiger charge is 2.00. The molecule has 0 atom stereocenters. The van der Waals surface area contributed by atoms with Gasteiger partial charge in [0.05, 0.1) is 6.07 Å². The van der Waals surface area contributed by atoms with Crippen LogP contribution in [0.15, 0.2) is 59.6 Å². The number of rotatable bonds is 3. The molecule has 0 amide bonds. The summed E-state index contributed by atoms with van der Waals surface area (Å²) in [5.41, 5.74) is 3.33. The van der Waals surface area contributed by atoms with Crippen molar-refractivity contribution in [3.63, 3.8) is 0 Å². The first-order valence-electron chi connectivity index (χ1n) is 5.43. The first-order valence-corrected chi connectivity index (χ1v) is 5.43. The first-order chi connectivity index (χ1) is 8.42. The molecule has 0 radical (unpaired) electrons. The predicted octanol–water partition coefficient (Wildman–Crippen LogP) is 3.30. The molecule has 0 aliphatic carbocycles. The van der Waals surface area contributed by atoms with Crippen LogP contribution in [0.25, 0.3) is 11.1 Å². The number of hydrogen-bond donors (Lipinski definition) is 0. The van der Waals surface area contributed by atoms with Crippen molar-refractivity contribution < 1.29 is 0 Å². The maximum atomic E-state index is 8.47. The van der Waals surface area contributed by atoms with Crippen molar-refractivity contribution in [3.05, 3.63) is 60.2 Å². The van der Waals surface area contributed by atoms with Gasteiger partial charge in [-0.1, -0.05) is 54.6 Å². The topological polar surface area (TPSA) is 36.1 Å². The Morgan fingerprint density at radius 3 is 2.47 bits per heavy atom. The summed E-state index contributed by atoms with van der Waals surface area (Å²) < 4.78 is 0. The van der Waals surface area contributed by atoms with E-state index in [4.69, 9.17) is 5.26 Å². The molecular weight excluding hydrogens is 208 g/mol. The summed E-state index contributed by atoms with van der Waals surface area (Å²) in [6.07, 6.45) is 1.76. The van der Waals surface area contributed by atoms with Gasteiger partial charge < -0.3 is 0 Å². The lowest BCUT2D eigenvalue weighted by molar-refractivity contribution is 1.25. The summed E-state index contributed by atoms with van der Waals surface area (Å²) in [5.74, 6) is 0. The molecule has 0 aromatic heterocycles. The standard InChI is InChI=1S/C15H12N2/c16-10-11-17-12-14-8-4-5-9-15(14)13-6-2-1-3-7-13/h1-9,12H,11H2. The summed E-state index contributed by atoms with van der Waals surface area (Å²) in [6, 6.07) is 20.2. The molecule has 2 nitrogen and oxygen atoms in total. The van der Waals surface area contributed by atoms with Crippen LogP contribution >= 0.6 is 0 Å². The SMILES string of the molecule is N#CCN=Cc1ccccc1-c1ccccc1. The van der Waals surface area contributed by atoms with Gasteiger partial charge in [-0.15, -0.1) is 0 Å². The average Bonchev–Trinajstić information content (AvgIpc) is 2.41. The fourth-order valence-corrected chi connectivity index (χ4v) is 1.68. The second-order valence-electron chi connectivity index (χ2n) is 3.58. The van der Waals surface area contributed by atoms with Crippen molar-refractivity contribution in [3.8, 4) is 17.2 Å².